The van der Waals surface area contributed by atoms with Crippen LogP contribution in [0.4, 0.5) is 0 Å². The first-order valence-corrected chi connectivity index (χ1v) is 12.3. The molecule has 1 saturated carbocycles. The molecule has 2 unspecified atom stereocenters. The Morgan fingerprint density at radius 3 is 2.12 bits per heavy atom. The number of aryl methyl sites for hydroxylation is 1. The third-order valence-corrected chi connectivity index (χ3v) is 8.68. The highest BCUT2D eigenvalue weighted by molar-refractivity contribution is 5.54. The van der Waals surface area contributed by atoms with Crippen LogP contribution in [0.15, 0.2) is 90.0 Å². The standard InChI is InChI=1S/C31H32O/c32-26-14-16-27-25(20-26)13-15-29-28-12-7-17-30(28,21-23-8-3-1-4-9-23)18-19-31(27,29)22-24-10-5-2-6-11-24/h1-6,8-11,14,16,20,32H,7,12-13,15,17-19,21-22H2. The Balaban J connectivity index is 1.51. The fourth-order valence-electron chi connectivity index (χ4n) is 7.36. The fourth-order valence-corrected chi connectivity index (χ4v) is 7.36. The lowest BCUT2D eigenvalue weighted by atomic mass is 9.53. The van der Waals surface area contributed by atoms with E-state index in [1.54, 1.807) is 11.1 Å². The molecule has 0 aliphatic heterocycles. The molecular formula is C31H32O. The van der Waals surface area contributed by atoms with Crippen LogP contribution in [-0.2, 0) is 24.7 Å². The van der Waals surface area contributed by atoms with Gasteiger partial charge in [0.25, 0.3) is 0 Å². The quantitative estimate of drug-likeness (QED) is 0.438. The van der Waals surface area contributed by atoms with Crippen LogP contribution < -0.4 is 0 Å². The molecule has 1 heteroatoms. The average molecular weight is 421 g/mol. The van der Waals surface area contributed by atoms with Crippen molar-refractivity contribution in [3.05, 3.63) is 112 Å². The van der Waals surface area contributed by atoms with Gasteiger partial charge in [-0.3, -0.25) is 0 Å². The van der Waals surface area contributed by atoms with E-state index < -0.39 is 0 Å². The average Bonchev–Trinajstić information content (AvgIpc) is 3.24. The Bertz CT molecular complexity index is 1160. The number of phenols is 1. The van der Waals surface area contributed by atoms with Crippen LogP contribution in [0.1, 0.15) is 60.8 Å². The number of allylic oxidation sites excluding steroid dienone is 2. The molecule has 3 aromatic carbocycles. The van der Waals surface area contributed by atoms with E-state index in [-0.39, 0.29) is 5.41 Å². The second kappa shape index (κ2) is 7.66. The first-order chi connectivity index (χ1) is 15.7. The van der Waals surface area contributed by atoms with E-state index >= 15 is 0 Å². The number of fused-ring (bicyclic) bond motifs is 4. The summed E-state index contributed by atoms with van der Waals surface area (Å²) in [5, 5.41) is 10.2. The lowest BCUT2D eigenvalue weighted by Crippen LogP contribution is -2.43. The van der Waals surface area contributed by atoms with E-state index in [1.807, 2.05) is 12.1 Å². The van der Waals surface area contributed by atoms with Crippen molar-refractivity contribution in [3.63, 3.8) is 0 Å². The lowest BCUT2D eigenvalue weighted by Gasteiger charge is -2.51. The van der Waals surface area contributed by atoms with Crippen LogP contribution in [0.2, 0.25) is 0 Å². The van der Waals surface area contributed by atoms with Crippen LogP contribution in [0.25, 0.3) is 0 Å². The SMILES string of the molecule is Oc1ccc2c(c1)CCC1=C3CCCC3(Cc3ccccc3)CCC12Cc1ccccc1. The molecule has 3 aliphatic carbocycles. The summed E-state index contributed by atoms with van der Waals surface area (Å²) in [5.41, 5.74) is 9.74. The summed E-state index contributed by atoms with van der Waals surface area (Å²) in [6.45, 7) is 0. The highest BCUT2D eigenvalue weighted by atomic mass is 16.3. The highest BCUT2D eigenvalue weighted by Gasteiger charge is 2.52. The van der Waals surface area contributed by atoms with Gasteiger partial charge in [0.1, 0.15) is 5.75 Å². The summed E-state index contributed by atoms with van der Waals surface area (Å²) in [7, 11) is 0. The van der Waals surface area contributed by atoms with Crippen LogP contribution in [-0.4, -0.2) is 5.11 Å². The first-order valence-electron chi connectivity index (χ1n) is 12.3. The molecule has 0 heterocycles. The van der Waals surface area contributed by atoms with E-state index in [0.29, 0.717) is 11.2 Å². The third kappa shape index (κ3) is 3.13. The molecule has 6 rings (SSSR count). The summed E-state index contributed by atoms with van der Waals surface area (Å²) in [5.74, 6) is 0.407. The molecule has 0 radical (unpaired) electrons. The minimum absolute atomic E-state index is 0.0858. The molecule has 0 aromatic heterocycles. The molecule has 0 amide bonds. The minimum atomic E-state index is 0.0858. The van der Waals surface area contributed by atoms with E-state index in [2.05, 4.69) is 66.7 Å². The molecule has 162 valence electrons. The molecule has 3 aromatic rings. The Morgan fingerprint density at radius 2 is 1.38 bits per heavy atom. The van der Waals surface area contributed by atoms with Crippen LogP contribution in [0.3, 0.4) is 0 Å². The van der Waals surface area contributed by atoms with Gasteiger partial charge in [0, 0.05) is 5.41 Å². The van der Waals surface area contributed by atoms with Gasteiger partial charge in [-0.2, -0.15) is 0 Å². The molecule has 0 saturated heterocycles. The van der Waals surface area contributed by atoms with E-state index in [0.717, 1.165) is 19.3 Å². The van der Waals surface area contributed by atoms with Crippen LogP contribution >= 0.6 is 0 Å². The molecule has 1 N–H and O–H groups in total. The van der Waals surface area contributed by atoms with Gasteiger partial charge in [0.05, 0.1) is 0 Å². The van der Waals surface area contributed by atoms with Gasteiger partial charge in [-0.1, -0.05) is 77.9 Å². The van der Waals surface area contributed by atoms with E-state index in [4.69, 9.17) is 0 Å². The molecule has 1 fully saturated rings. The molecule has 1 nitrogen and oxygen atoms in total. The normalized spacial score (nSPS) is 26.4. The highest BCUT2D eigenvalue weighted by Crippen LogP contribution is 2.62. The summed E-state index contributed by atoms with van der Waals surface area (Å²) >= 11 is 0. The van der Waals surface area contributed by atoms with Crippen molar-refractivity contribution in [1.82, 2.24) is 0 Å². The second-order valence-electron chi connectivity index (χ2n) is 10.3. The summed E-state index contributed by atoms with van der Waals surface area (Å²) in [6, 6.07) is 28.4. The summed E-state index contributed by atoms with van der Waals surface area (Å²) < 4.78 is 0. The number of aromatic hydroxyl groups is 1. The second-order valence-corrected chi connectivity index (χ2v) is 10.3. The number of rotatable bonds is 4. The minimum Gasteiger partial charge on any atom is -0.508 e. The smallest absolute Gasteiger partial charge is 0.115 e. The fraction of sp³-hybridized carbons (Fsp3) is 0.355. The Kier molecular flexibility index (Phi) is 4.75. The maximum absolute atomic E-state index is 10.2. The van der Waals surface area contributed by atoms with E-state index in [1.165, 1.54) is 60.8 Å². The van der Waals surface area contributed by atoms with Gasteiger partial charge in [-0.25, -0.2) is 0 Å². The molecule has 0 spiro atoms. The number of hydrogen-bond donors (Lipinski definition) is 1. The van der Waals surface area contributed by atoms with Gasteiger partial charge >= 0.3 is 0 Å². The predicted octanol–water partition coefficient (Wildman–Crippen LogP) is 7.32. The molecule has 2 atom stereocenters. The zero-order valence-electron chi connectivity index (χ0n) is 18.8. The predicted molar refractivity (Wildman–Crippen MR) is 131 cm³/mol. The topological polar surface area (TPSA) is 20.2 Å². The van der Waals surface area contributed by atoms with Gasteiger partial charge in [-0.05, 0) is 97.6 Å². The van der Waals surface area contributed by atoms with Crippen molar-refractivity contribution in [2.45, 2.75) is 63.2 Å². The van der Waals surface area contributed by atoms with Gasteiger partial charge in [0.15, 0.2) is 0 Å². The third-order valence-electron chi connectivity index (χ3n) is 8.68. The van der Waals surface area contributed by atoms with E-state index in [9.17, 15) is 5.11 Å². The maximum atomic E-state index is 10.2. The maximum Gasteiger partial charge on any atom is 0.115 e. The monoisotopic (exact) mass is 420 g/mol. The number of benzene rings is 3. The zero-order valence-corrected chi connectivity index (χ0v) is 18.8. The number of phenolic OH excluding ortho intramolecular Hbond substituents is 1. The van der Waals surface area contributed by atoms with Crippen molar-refractivity contribution in [3.8, 4) is 5.75 Å². The summed E-state index contributed by atoms with van der Waals surface area (Å²) in [6.07, 6.45) is 10.9. The van der Waals surface area contributed by atoms with Crippen LogP contribution in [0.5, 0.6) is 5.75 Å². The Hall–Kier alpha value is -2.80. The van der Waals surface area contributed by atoms with Gasteiger partial charge in [-0.15, -0.1) is 0 Å². The van der Waals surface area contributed by atoms with Crippen LogP contribution in [0, 0.1) is 5.41 Å². The Morgan fingerprint density at radius 1 is 0.656 bits per heavy atom. The Labute approximate surface area is 191 Å². The van der Waals surface area contributed by atoms with Crippen molar-refractivity contribution < 1.29 is 5.11 Å². The van der Waals surface area contributed by atoms with Crippen molar-refractivity contribution >= 4 is 0 Å². The zero-order chi connectivity index (χ0) is 21.6. The lowest BCUT2D eigenvalue weighted by molar-refractivity contribution is 0.241. The molecule has 32 heavy (non-hydrogen) atoms. The number of hydrogen-bond acceptors (Lipinski definition) is 1. The largest absolute Gasteiger partial charge is 0.508 e. The van der Waals surface area contributed by atoms with Crippen molar-refractivity contribution in [2.24, 2.45) is 5.41 Å². The van der Waals surface area contributed by atoms with Gasteiger partial charge in [0.2, 0.25) is 0 Å². The van der Waals surface area contributed by atoms with Crippen molar-refractivity contribution in [1.29, 1.82) is 0 Å². The molecular weight excluding hydrogens is 388 g/mol. The first kappa shape index (κ1) is 19.9. The van der Waals surface area contributed by atoms with Gasteiger partial charge < -0.3 is 5.11 Å². The summed E-state index contributed by atoms with van der Waals surface area (Å²) in [4.78, 5) is 0. The van der Waals surface area contributed by atoms with Crippen molar-refractivity contribution in [2.75, 3.05) is 0 Å². The molecule has 3 aliphatic rings. The molecule has 0 bridgehead atoms.